The molecule has 0 unspecified atom stereocenters. The van der Waals surface area contributed by atoms with Crippen molar-refractivity contribution in [3.8, 4) is 11.5 Å². The highest BCUT2D eigenvalue weighted by molar-refractivity contribution is 8.00. The molecule has 0 bridgehead atoms. The van der Waals surface area contributed by atoms with Gasteiger partial charge in [-0.15, -0.1) is 10.2 Å². The third-order valence-corrected chi connectivity index (χ3v) is 5.35. The van der Waals surface area contributed by atoms with Gasteiger partial charge >= 0.3 is 0 Å². The number of benzene rings is 1. The number of rotatable bonds is 5. The fourth-order valence-electron chi connectivity index (χ4n) is 2.90. The zero-order chi connectivity index (χ0) is 17.8. The molecule has 0 aliphatic carbocycles. The lowest BCUT2D eigenvalue weighted by Gasteiger charge is -2.35. The molecule has 7 heteroatoms. The number of carbonyl (C=O) groups is 1. The van der Waals surface area contributed by atoms with Gasteiger partial charge in [-0.05, 0) is 32.5 Å². The van der Waals surface area contributed by atoms with Crippen LogP contribution in [0.15, 0.2) is 33.9 Å². The molecule has 2 aromatic rings. The zero-order valence-electron chi connectivity index (χ0n) is 14.9. The summed E-state index contributed by atoms with van der Waals surface area (Å²) in [4.78, 5) is 16.9. The Kier molecular flexibility index (Phi) is 5.75. The van der Waals surface area contributed by atoms with E-state index in [1.54, 1.807) is 0 Å². The van der Waals surface area contributed by atoms with E-state index >= 15 is 0 Å². The Hall–Kier alpha value is -1.86. The number of amides is 1. The number of piperazine rings is 1. The normalized spacial score (nSPS) is 16.8. The topological polar surface area (TPSA) is 62.5 Å². The Bertz CT molecular complexity index is 725. The summed E-state index contributed by atoms with van der Waals surface area (Å²) in [5.74, 6) is 0.624. The van der Waals surface area contributed by atoms with E-state index in [1.807, 2.05) is 43.0 Å². The highest BCUT2D eigenvalue weighted by Gasteiger charge is 2.26. The number of hydrogen-bond donors (Lipinski definition) is 0. The minimum atomic E-state index is -0.237. The van der Waals surface area contributed by atoms with Crippen molar-refractivity contribution in [2.75, 3.05) is 32.7 Å². The molecule has 3 rings (SSSR count). The van der Waals surface area contributed by atoms with Gasteiger partial charge in [0, 0.05) is 31.7 Å². The second kappa shape index (κ2) is 8.01. The minimum absolute atomic E-state index is 0.135. The summed E-state index contributed by atoms with van der Waals surface area (Å²) in [5, 5.41) is 8.38. The molecule has 1 amide bonds. The number of aryl methyl sites for hydroxylation is 1. The zero-order valence-corrected chi connectivity index (χ0v) is 15.8. The van der Waals surface area contributed by atoms with Gasteiger partial charge in [-0.25, -0.2) is 0 Å². The van der Waals surface area contributed by atoms with Crippen LogP contribution in [0.2, 0.25) is 0 Å². The fraction of sp³-hybridized carbons (Fsp3) is 0.500. The number of likely N-dealkylation sites (N-methyl/N-ethyl adjacent to an activating group) is 1. The Labute approximate surface area is 152 Å². The van der Waals surface area contributed by atoms with E-state index in [4.69, 9.17) is 4.42 Å². The van der Waals surface area contributed by atoms with Crippen molar-refractivity contribution in [2.45, 2.75) is 31.2 Å². The summed E-state index contributed by atoms with van der Waals surface area (Å²) in [6, 6.07) is 7.93. The van der Waals surface area contributed by atoms with Crippen molar-refractivity contribution in [3.63, 3.8) is 0 Å². The molecule has 6 nitrogen and oxygen atoms in total. The van der Waals surface area contributed by atoms with Crippen LogP contribution in [0, 0.1) is 6.92 Å². The molecule has 1 aliphatic rings. The predicted molar refractivity (Wildman–Crippen MR) is 98.5 cm³/mol. The molecule has 1 fully saturated rings. The number of aromatic nitrogens is 2. The quantitative estimate of drug-likeness (QED) is 0.764. The van der Waals surface area contributed by atoms with Gasteiger partial charge in [-0.1, -0.05) is 36.4 Å². The average Bonchev–Trinajstić information content (AvgIpc) is 3.09. The van der Waals surface area contributed by atoms with E-state index in [-0.39, 0.29) is 11.2 Å². The molecule has 0 N–H and O–H groups in total. The van der Waals surface area contributed by atoms with E-state index < -0.39 is 0 Å². The summed E-state index contributed by atoms with van der Waals surface area (Å²) >= 11 is 1.33. The van der Waals surface area contributed by atoms with Gasteiger partial charge in [0.2, 0.25) is 11.8 Å². The number of nitrogens with zero attached hydrogens (tertiary/aromatic N) is 4. The summed E-state index contributed by atoms with van der Waals surface area (Å²) in [7, 11) is 0. The van der Waals surface area contributed by atoms with Crippen LogP contribution >= 0.6 is 11.8 Å². The summed E-state index contributed by atoms with van der Waals surface area (Å²) in [5.41, 5.74) is 2.04. The first kappa shape index (κ1) is 17.9. The summed E-state index contributed by atoms with van der Waals surface area (Å²) in [6.07, 6.45) is 0. The molecule has 134 valence electrons. The Morgan fingerprint density at radius 2 is 2.04 bits per heavy atom. The smallest absolute Gasteiger partial charge is 0.277 e. The monoisotopic (exact) mass is 360 g/mol. The molecule has 1 atom stereocenters. The lowest BCUT2D eigenvalue weighted by atomic mass is 10.1. The maximum atomic E-state index is 12.6. The highest BCUT2D eigenvalue weighted by atomic mass is 32.2. The summed E-state index contributed by atoms with van der Waals surface area (Å²) in [6.45, 7) is 10.6. The maximum absolute atomic E-state index is 12.6. The fourth-order valence-corrected chi connectivity index (χ4v) is 3.66. The number of carbonyl (C=O) groups excluding carboxylic acids is 1. The molecule has 2 heterocycles. The largest absolute Gasteiger partial charge is 0.411 e. The van der Waals surface area contributed by atoms with Crippen LogP contribution in [0.1, 0.15) is 19.4 Å². The third-order valence-electron chi connectivity index (χ3n) is 4.43. The number of thioether (sulfide) groups is 1. The second-order valence-corrected chi connectivity index (χ2v) is 7.55. The summed E-state index contributed by atoms with van der Waals surface area (Å²) < 4.78 is 5.73. The predicted octanol–water partition coefficient (Wildman–Crippen LogP) is 2.69. The standard InChI is InChI=1S/C18H24N4O2S/c1-4-21-8-10-22(11-9-21)17(23)14(3)25-18-20-19-16(24-18)15-7-5-6-13(2)12-15/h5-7,12,14H,4,8-11H2,1-3H3/t14-/m0/s1. The molecule has 1 saturated heterocycles. The van der Waals surface area contributed by atoms with E-state index in [9.17, 15) is 4.79 Å². The average molecular weight is 360 g/mol. The van der Waals surface area contributed by atoms with Crippen molar-refractivity contribution in [1.82, 2.24) is 20.0 Å². The van der Waals surface area contributed by atoms with Crippen LogP contribution in [-0.2, 0) is 4.79 Å². The van der Waals surface area contributed by atoms with Gasteiger partial charge in [0.15, 0.2) is 0 Å². The van der Waals surface area contributed by atoms with Gasteiger partial charge in [-0.2, -0.15) is 0 Å². The Balaban J connectivity index is 1.60. The second-order valence-electron chi connectivity index (χ2n) is 6.26. The van der Waals surface area contributed by atoms with Crippen LogP contribution in [0.4, 0.5) is 0 Å². The van der Waals surface area contributed by atoms with E-state index in [2.05, 4.69) is 22.0 Å². The lowest BCUT2D eigenvalue weighted by Crippen LogP contribution is -2.50. The minimum Gasteiger partial charge on any atom is -0.411 e. The molecule has 1 aromatic carbocycles. The van der Waals surface area contributed by atoms with Crippen molar-refractivity contribution in [1.29, 1.82) is 0 Å². The van der Waals surface area contributed by atoms with E-state index in [0.717, 1.165) is 43.9 Å². The van der Waals surface area contributed by atoms with Crippen molar-refractivity contribution in [2.24, 2.45) is 0 Å². The van der Waals surface area contributed by atoms with E-state index in [1.165, 1.54) is 11.8 Å². The van der Waals surface area contributed by atoms with Crippen molar-refractivity contribution < 1.29 is 9.21 Å². The van der Waals surface area contributed by atoms with Gasteiger partial charge in [0.25, 0.3) is 5.22 Å². The molecule has 0 radical (unpaired) electrons. The Morgan fingerprint density at radius 3 is 2.72 bits per heavy atom. The highest BCUT2D eigenvalue weighted by Crippen LogP contribution is 2.27. The number of hydrogen-bond acceptors (Lipinski definition) is 6. The van der Waals surface area contributed by atoms with Gasteiger partial charge in [-0.3, -0.25) is 4.79 Å². The Morgan fingerprint density at radius 1 is 1.28 bits per heavy atom. The van der Waals surface area contributed by atoms with Crippen molar-refractivity contribution in [3.05, 3.63) is 29.8 Å². The lowest BCUT2D eigenvalue weighted by molar-refractivity contribution is -0.132. The third kappa shape index (κ3) is 4.41. The maximum Gasteiger partial charge on any atom is 0.277 e. The van der Waals surface area contributed by atoms with Crippen LogP contribution in [0.5, 0.6) is 0 Å². The van der Waals surface area contributed by atoms with Crippen LogP contribution in [0.25, 0.3) is 11.5 Å². The van der Waals surface area contributed by atoms with Gasteiger partial charge in [0.05, 0.1) is 5.25 Å². The van der Waals surface area contributed by atoms with E-state index in [0.29, 0.717) is 11.1 Å². The molecule has 1 aromatic heterocycles. The molecule has 0 spiro atoms. The molecule has 1 aliphatic heterocycles. The molecule has 0 saturated carbocycles. The molecular formula is C18H24N4O2S. The molecular weight excluding hydrogens is 336 g/mol. The molecule has 25 heavy (non-hydrogen) atoms. The first-order valence-corrected chi connectivity index (χ1v) is 9.53. The van der Waals surface area contributed by atoms with Crippen LogP contribution < -0.4 is 0 Å². The van der Waals surface area contributed by atoms with Crippen LogP contribution in [-0.4, -0.2) is 63.9 Å². The van der Waals surface area contributed by atoms with Gasteiger partial charge in [0.1, 0.15) is 0 Å². The SMILES string of the molecule is CCN1CCN(C(=O)[C@H](C)Sc2nnc(-c3cccc(C)c3)o2)CC1. The van der Waals surface area contributed by atoms with Crippen LogP contribution in [0.3, 0.4) is 0 Å². The first-order chi connectivity index (χ1) is 12.1. The van der Waals surface area contributed by atoms with Gasteiger partial charge < -0.3 is 14.2 Å². The van der Waals surface area contributed by atoms with Crippen molar-refractivity contribution >= 4 is 17.7 Å². The first-order valence-electron chi connectivity index (χ1n) is 8.65.